The van der Waals surface area contributed by atoms with Crippen molar-refractivity contribution in [3.05, 3.63) is 63.9 Å². The van der Waals surface area contributed by atoms with Gasteiger partial charge in [0, 0.05) is 17.7 Å². The zero-order chi connectivity index (χ0) is 15.2. The molecular formula is C16H14ClFN2O. The first-order valence-corrected chi connectivity index (χ1v) is 6.77. The standard InChI is InChI=1S/C16H14ClFN2O/c1-20-9-12-5-3-7-14(17)16(12)21-10-13-6-2-4-11(8-19)15(13)18/h2-7,20H,9-10H2,1H3. The Bertz CT molecular complexity index is 682. The van der Waals surface area contributed by atoms with Crippen molar-refractivity contribution in [2.75, 3.05) is 7.05 Å². The lowest BCUT2D eigenvalue weighted by Gasteiger charge is -2.13. The molecule has 2 aromatic rings. The molecule has 3 nitrogen and oxygen atoms in total. The van der Waals surface area contributed by atoms with Gasteiger partial charge in [0.05, 0.1) is 10.6 Å². The van der Waals surface area contributed by atoms with Crippen molar-refractivity contribution in [2.45, 2.75) is 13.2 Å². The Kier molecular flexibility index (Phi) is 5.15. The van der Waals surface area contributed by atoms with Gasteiger partial charge in [0.1, 0.15) is 24.2 Å². The van der Waals surface area contributed by atoms with E-state index in [-0.39, 0.29) is 12.2 Å². The van der Waals surface area contributed by atoms with E-state index in [9.17, 15) is 4.39 Å². The third-order valence-electron chi connectivity index (χ3n) is 2.99. The van der Waals surface area contributed by atoms with Crippen molar-refractivity contribution in [3.63, 3.8) is 0 Å². The maximum atomic E-state index is 14.0. The summed E-state index contributed by atoms with van der Waals surface area (Å²) in [6.45, 7) is 0.610. The number of para-hydroxylation sites is 1. The number of nitrogens with zero attached hydrogens (tertiary/aromatic N) is 1. The van der Waals surface area contributed by atoms with Crippen LogP contribution in [0.5, 0.6) is 5.75 Å². The fourth-order valence-electron chi connectivity index (χ4n) is 1.97. The second kappa shape index (κ2) is 7.07. The van der Waals surface area contributed by atoms with E-state index >= 15 is 0 Å². The lowest BCUT2D eigenvalue weighted by atomic mass is 10.1. The number of ether oxygens (including phenoxy) is 1. The quantitative estimate of drug-likeness (QED) is 0.917. The van der Waals surface area contributed by atoms with Gasteiger partial charge in [-0.3, -0.25) is 0 Å². The molecule has 0 radical (unpaired) electrons. The van der Waals surface area contributed by atoms with Crippen molar-refractivity contribution in [3.8, 4) is 11.8 Å². The van der Waals surface area contributed by atoms with Crippen LogP contribution in [0.4, 0.5) is 4.39 Å². The highest BCUT2D eigenvalue weighted by Crippen LogP contribution is 2.29. The fraction of sp³-hybridized carbons (Fsp3) is 0.188. The molecule has 21 heavy (non-hydrogen) atoms. The number of halogens is 2. The molecule has 5 heteroatoms. The first kappa shape index (κ1) is 15.3. The summed E-state index contributed by atoms with van der Waals surface area (Å²) in [5.74, 6) is -0.0301. The third-order valence-corrected chi connectivity index (χ3v) is 3.28. The molecule has 0 aliphatic rings. The van der Waals surface area contributed by atoms with Gasteiger partial charge in [0.15, 0.2) is 0 Å². The molecule has 2 rings (SSSR count). The van der Waals surface area contributed by atoms with E-state index in [1.54, 1.807) is 18.2 Å². The molecule has 0 aliphatic heterocycles. The first-order valence-electron chi connectivity index (χ1n) is 6.39. The lowest BCUT2D eigenvalue weighted by molar-refractivity contribution is 0.296. The Morgan fingerprint density at radius 1 is 1.24 bits per heavy atom. The monoisotopic (exact) mass is 304 g/mol. The Morgan fingerprint density at radius 2 is 1.95 bits per heavy atom. The van der Waals surface area contributed by atoms with Gasteiger partial charge in [0.25, 0.3) is 0 Å². The van der Waals surface area contributed by atoms with Crippen molar-refractivity contribution >= 4 is 11.6 Å². The Hall–Kier alpha value is -2.09. The molecule has 0 saturated carbocycles. The van der Waals surface area contributed by atoms with E-state index in [0.29, 0.717) is 22.9 Å². The van der Waals surface area contributed by atoms with Gasteiger partial charge in [-0.25, -0.2) is 4.39 Å². The van der Waals surface area contributed by atoms with Gasteiger partial charge in [-0.2, -0.15) is 5.26 Å². The van der Waals surface area contributed by atoms with E-state index in [1.165, 1.54) is 6.07 Å². The van der Waals surface area contributed by atoms with E-state index in [1.807, 2.05) is 25.2 Å². The average molecular weight is 305 g/mol. The second-order valence-electron chi connectivity index (χ2n) is 4.44. The van der Waals surface area contributed by atoms with Crippen LogP contribution in [0.1, 0.15) is 16.7 Å². The zero-order valence-corrected chi connectivity index (χ0v) is 12.2. The third kappa shape index (κ3) is 3.52. The van der Waals surface area contributed by atoms with Crippen molar-refractivity contribution < 1.29 is 9.13 Å². The minimum Gasteiger partial charge on any atom is -0.487 e. The highest BCUT2D eigenvalue weighted by Gasteiger charge is 2.11. The molecular weight excluding hydrogens is 291 g/mol. The molecule has 0 bridgehead atoms. The van der Waals surface area contributed by atoms with Gasteiger partial charge in [-0.05, 0) is 19.2 Å². The van der Waals surface area contributed by atoms with Crippen LogP contribution in [0, 0.1) is 17.1 Å². The highest BCUT2D eigenvalue weighted by atomic mass is 35.5. The van der Waals surface area contributed by atoms with E-state index in [2.05, 4.69) is 5.32 Å². The number of nitriles is 1. The van der Waals surface area contributed by atoms with Crippen LogP contribution in [-0.4, -0.2) is 7.05 Å². The lowest BCUT2D eigenvalue weighted by Crippen LogP contribution is -2.08. The summed E-state index contributed by atoms with van der Waals surface area (Å²) >= 11 is 6.13. The number of hydrogen-bond acceptors (Lipinski definition) is 3. The Balaban J connectivity index is 2.23. The van der Waals surface area contributed by atoms with Gasteiger partial charge in [0.2, 0.25) is 0 Å². The largest absolute Gasteiger partial charge is 0.487 e. The van der Waals surface area contributed by atoms with E-state index in [0.717, 1.165) is 5.56 Å². The number of benzene rings is 2. The maximum absolute atomic E-state index is 14.0. The summed E-state index contributed by atoms with van der Waals surface area (Å²) in [5, 5.41) is 12.3. The van der Waals surface area contributed by atoms with Crippen molar-refractivity contribution in [1.82, 2.24) is 5.32 Å². The molecule has 2 aromatic carbocycles. The summed E-state index contributed by atoms with van der Waals surface area (Å²) in [4.78, 5) is 0. The van der Waals surface area contributed by atoms with Gasteiger partial charge < -0.3 is 10.1 Å². The zero-order valence-electron chi connectivity index (χ0n) is 11.5. The SMILES string of the molecule is CNCc1cccc(Cl)c1OCc1cccc(C#N)c1F. The molecule has 0 heterocycles. The van der Waals surface area contributed by atoms with Crippen LogP contribution >= 0.6 is 11.6 Å². The predicted octanol–water partition coefficient (Wildman–Crippen LogP) is 3.65. The summed E-state index contributed by atoms with van der Waals surface area (Å²) in [6, 6.07) is 11.9. The van der Waals surface area contributed by atoms with Crippen LogP contribution < -0.4 is 10.1 Å². The molecule has 0 aliphatic carbocycles. The predicted molar refractivity (Wildman–Crippen MR) is 79.7 cm³/mol. The minimum absolute atomic E-state index is 0.00528. The summed E-state index contributed by atoms with van der Waals surface area (Å²) in [6.07, 6.45) is 0. The molecule has 1 N–H and O–H groups in total. The topological polar surface area (TPSA) is 45.0 Å². The molecule has 0 atom stereocenters. The molecule has 0 spiro atoms. The molecule has 0 unspecified atom stereocenters. The number of nitrogens with one attached hydrogen (secondary N) is 1. The minimum atomic E-state index is -0.553. The average Bonchev–Trinajstić information content (AvgIpc) is 2.48. The van der Waals surface area contributed by atoms with Gasteiger partial charge >= 0.3 is 0 Å². The highest BCUT2D eigenvalue weighted by molar-refractivity contribution is 6.32. The van der Waals surface area contributed by atoms with Crippen LogP contribution in [0.3, 0.4) is 0 Å². The van der Waals surface area contributed by atoms with E-state index < -0.39 is 5.82 Å². The van der Waals surface area contributed by atoms with Gasteiger partial charge in [-0.1, -0.05) is 35.9 Å². The molecule has 108 valence electrons. The molecule has 0 saturated heterocycles. The normalized spacial score (nSPS) is 10.2. The summed E-state index contributed by atoms with van der Waals surface area (Å²) in [7, 11) is 1.82. The molecule has 0 amide bonds. The summed E-state index contributed by atoms with van der Waals surface area (Å²) < 4.78 is 19.6. The number of hydrogen-bond donors (Lipinski definition) is 1. The smallest absolute Gasteiger partial charge is 0.147 e. The van der Waals surface area contributed by atoms with E-state index in [4.69, 9.17) is 21.6 Å². The fourth-order valence-corrected chi connectivity index (χ4v) is 2.22. The molecule has 0 fully saturated rings. The summed E-state index contributed by atoms with van der Waals surface area (Å²) in [5.41, 5.74) is 1.22. The van der Waals surface area contributed by atoms with Crippen molar-refractivity contribution in [1.29, 1.82) is 5.26 Å². The second-order valence-corrected chi connectivity index (χ2v) is 4.84. The van der Waals surface area contributed by atoms with Crippen LogP contribution in [-0.2, 0) is 13.2 Å². The van der Waals surface area contributed by atoms with Crippen LogP contribution in [0.2, 0.25) is 5.02 Å². The van der Waals surface area contributed by atoms with Crippen molar-refractivity contribution in [2.24, 2.45) is 0 Å². The Labute approximate surface area is 127 Å². The maximum Gasteiger partial charge on any atom is 0.147 e. The number of rotatable bonds is 5. The van der Waals surface area contributed by atoms with Gasteiger partial charge in [-0.15, -0.1) is 0 Å². The van der Waals surface area contributed by atoms with Crippen LogP contribution in [0.15, 0.2) is 36.4 Å². The van der Waals surface area contributed by atoms with Crippen LogP contribution in [0.25, 0.3) is 0 Å². The molecule has 0 aromatic heterocycles. The first-order chi connectivity index (χ1) is 10.2. The Morgan fingerprint density at radius 3 is 2.67 bits per heavy atom.